The van der Waals surface area contributed by atoms with E-state index < -0.39 is 29.2 Å². The summed E-state index contributed by atoms with van der Waals surface area (Å²) < 4.78 is 31.3. The van der Waals surface area contributed by atoms with Crippen molar-refractivity contribution in [2.45, 2.75) is 26.4 Å². The predicted octanol–water partition coefficient (Wildman–Crippen LogP) is 2.56. The number of benzene rings is 1. The average molecular weight is 314 g/mol. The molecule has 7 heteroatoms. The van der Waals surface area contributed by atoms with Crippen LogP contribution >= 0.6 is 0 Å². The van der Waals surface area contributed by atoms with E-state index >= 15 is 0 Å². The standard InChI is InChI=1S/C15H20F2N2O3/c1-15(2,3)22-14(21)19(4)8-7-18-13(20)11-6-5-10(16)9-12(11)17/h5-6,9H,7-8H2,1-4H3,(H,18,20). The van der Waals surface area contributed by atoms with Crippen LogP contribution in [0, 0.1) is 11.6 Å². The maximum Gasteiger partial charge on any atom is 0.410 e. The highest BCUT2D eigenvalue weighted by molar-refractivity contribution is 5.94. The normalized spacial score (nSPS) is 11.0. The van der Waals surface area contributed by atoms with Gasteiger partial charge in [0.2, 0.25) is 0 Å². The van der Waals surface area contributed by atoms with E-state index in [1.165, 1.54) is 11.9 Å². The molecule has 0 radical (unpaired) electrons. The van der Waals surface area contributed by atoms with E-state index in [4.69, 9.17) is 4.74 Å². The van der Waals surface area contributed by atoms with Gasteiger partial charge in [-0.05, 0) is 32.9 Å². The molecule has 1 aromatic carbocycles. The van der Waals surface area contributed by atoms with Crippen LogP contribution in [-0.4, -0.2) is 42.6 Å². The molecule has 0 atom stereocenters. The zero-order chi connectivity index (χ0) is 16.9. The van der Waals surface area contributed by atoms with Gasteiger partial charge in [0.1, 0.15) is 17.2 Å². The molecule has 22 heavy (non-hydrogen) atoms. The van der Waals surface area contributed by atoms with Crippen molar-refractivity contribution in [3.8, 4) is 0 Å². The highest BCUT2D eigenvalue weighted by atomic mass is 19.1. The van der Waals surface area contributed by atoms with Crippen molar-refractivity contribution < 1.29 is 23.1 Å². The third-order valence-corrected chi connectivity index (χ3v) is 2.61. The minimum atomic E-state index is -0.932. The maximum absolute atomic E-state index is 13.4. The van der Waals surface area contributed by atoms with E-state index in [2.05, 4.69) is 5.32 Å². The molecule has 0 unspecified atom stereocenters. The summed E-state index contributed by atoms with van der Waals surface area (Å²) in [5.74, 6) is -2.35. The number of rotatable bonds is 4. The molecule has 0 fully saturated rings. The van der Waals surface area contributed by atoms with Crippen molar-refractivity contribution in [3.63, 3.8) is 0 Å². The Morgan fingerprint density at radius 2 is 1.91 bits per heavy atom. The Kier molecular flexibility index (Phi) is 5.84. The second kappa shape index (κ2) is 7.20. The van der Waals surface area contributed by atoms with Gasteiger partial charge in [-0.3, -0.25) is 4.79 Å². The van der Waals surface area contributed by atoms with Crippen molar-refractivity contribution in [2.24, 2.45) is 0 Å². The first-order valence-electron chi connectivity index (χ1n) is 6.77. The number of carbonyl (C=O) groups excluding carboxylic acids is 2. The lowest BCUT2D eigenvalue weighted by molar-refractivity contribution is 0.0299. The number of nitrogens with one attached hydrogen (secondary N) is 1. The zero-order valence-electron chi connectivity index (χ0n) is 13.1. The van der Waals surface area contributed by atoms with Crippen LogP contribution in [0.3, 0.4) is 0 Å². The van der Waals surface area contributed by atoms with Crippen LogP contribution in [0.2, 0.25) is 0 Å². The minimum absolute atomic E-state index is 0.116. The molecule has 2 amide bonds. The molecule has 0 saturated carbocycles. The number of likely N-dealkylation sites (N-methyl/N-ethyl adjacent to an activating group) is 1. The molecule has 0 aromatic heterocycles. The minimum Gasteiger partial charge on any atom is -0.444 e. The van der Waals surface area contributed by atoms with Crippen LogP contribution in [0.5, 0.6) is 0 Å². The summed E-state index contributed by atoms with van der Waals surface area (Å²) in [5.41, 5.74) is -0.854. The Morgan fingerprint density at radius 3 is 2.45 bits per heavy atom. The fourth-order valence-corrected chi connectivity index (χ4v) is 1.54. The van der Waals surface area contributed by atoms with Crippen molar-refractivity contribution in [2.75, 3.05) is 20.1 Å². The smallest absolute Gasteiger partial charge is 0.410 e. The van der Waals surface area contributed by atoms with Gasteiger partial charge in [0, 0.05) is 26.2 Å². The Morgan fingerprint density at radius 1 is 1.27 bits per heavy atom. The molecular formula is C15H20F2N2O3. The van der Waals surface area contributed by atoms with Crippen molar-refractivity contribution in [1.82, 2.24) is 10.2 Å². The molecule has 0 heterocycles. The van der Waals surface area contributed by atoms with Crippen LogP contribution in [0.1, 0.15) is 31.1 Å². The number of amides is 2. The molecule has 0 saturated heterocycles. The van der Waals surface area contributed by atoms with Gasteiger partial charge in [-0.25, -0.2) is 13.6 Å². The van der Waals surface area contributed by atoms with Crippen LogP contribution in [0.25, 0.3) is 0 Å². The van der Waals surface area contributed by atoms with E-state index in [0.717, 1.165) is 12.1 Å². The summed E-state index contributed by atoms with van der Waals surface area (Å²) in [7, 11) is 1.53. The fraction of sp³-hybridized carbons (Fsp3) is 0.467. The first-order chi connectivity index (χ1) is 10.1. The molecule has 0 aliphatic carbocycles. The van der Waals surface area contributed by atoms with E-state index in [9.17, 15) is 18.4 Å². The summed E-state index contributed by atoms with van der Waals surface area (Å²) >= 11 is 0. The molecule has 0 spiro atoms. The number of hydrogen-bond acceptors (Lipinski definition) is 3. The van der Waals surface area contributed by atoms with Crippen molar-refractivity contribution in [1.29, 1.82) is 0 Å². The van der Waals surface area contributed by atoms with E-state index in [1.54, 1.807) is 20.8 Å². The predicted molar refractivity (Wildman–Crippen MR) is 77.6 cm³/mol. The molecule has 0 bridgehead atoms. The maximum atomic E-state index is 13.4. The SMILES string of the molecule is CN(CCNC(=O)c1ccc(F)cc1F)C(=O)OC(C)(C)C. The molecule has 122 valence electrons. The van der Waals surface area contributed by atoms with Gasteiger partial charge < -0.3 is 15.0 Å². The quantitative estimate of drug-likeness (QED) is 0.929. The molecule has 1 N–H and O–H groups in total. The van der Waals surface area contributed by atoms with Crippen LogP contribution in [0.15, 0.2) is 18.2 Å². The largest absolute Gasteiger partial charge is 0.444 e. The summed E-state index contributed by atoms with van der Waals surface area (Å²) in [6.07, 6.45) is -0.519. The summed E-state index contributed by atoms with van der Waals surface area (Å²) in [6.45, 7) is 5.56. The van der Waals surface area contributed by atoms with E-state index in [0.29, 0.717) is 6.07 Å². The highest BCUT2D eigenvalue weighted by Gasteiger charge is 2.19. The first-order valence-corrected chi connectivity index (χ1v) is 6.77. The van der Waals surface area contributed by atoms with Gasteiger partial charge in [0.25, 0.3) is 5.91 Å². The number of nitrogens with zero attached hydrogens (tertiary/aromatic N) is 1. The lowest BCUT2D eigenvalue weighted by Crippen LogP contribution is -2.39. The number of ether oxygens (including phenoxy) is 1. The lowest BCUT2D eigenvalue weighted by atomic mass is 10.2. The summed E-state index contributed by atoms with van der Waals surface area (Å²) in [6, 6.07) is 2.71. The second-order valence-electron chi connectivity index (χ2n) is 5.78. The van der Waals surface area contributed by atoms with Gasteiger partial charge in [-0.1, -0.05) is 0 Å². The molecule has 0 aliphatic rings. The fourth-order valence-electron chi connectivity index (χ4n) is 1.54. The van der Waals surface area contributed by atoms with Gasteiger partial charge in [0.15, 0.2) is 0 Å². The van der Waals surface area contributed by atoms with Gasteiger partial charge in [-0.2, -0.15) is 0 Å². The molecule has 5 nitrogen and oxygen atoms in total. The van der Waals surface area contributed by atoms with Crippen LogP contribution in [-0.2, 0) is 4.74 Å². The van der Waals surface area contributed by atoms with Crippen molar-refractivity contribution in [3.05, 3.63) is 35.4 Å². The van der Waals surface area contributed by atoms with E-state index in [1.807, 2.05) is 0 Å². The van der Waals surface area contributed by atoms with Gasteiger partial charge in [0.05, 0.1) is 5.56 Å². The molecule has 1 rings (SSSR count). The Balaban J connectivity index is 2.46. The zero-order valence-corrected chi connectivity index (χ0v) is 13.1. The number of hydrogen-bond donors (Lipinski definition) is 1. The third-order valence-electron chi connectivity index (χ3n) is 2.61. The topological polar surface area (TPSA) is 58.6 Å². The van der Waals surface area contributed by atoms with Crippen LogP contribution in [0.4, 0.5) is 13.6 Å². The molecular weight excluding hydrogens is 294 g/mol. The van der Waals surface area contributed by atoms with Crippen LogP contribution < -0.4 is 5.32 Å². The summed E-state index contributed by atoms with van der Waals surface area (Å²) in [5, 5.41) is 2.46. The third kappa shape index (κ3) is 5.67. The van der Waals surface area contributed by atoms with Gasteiger partial charge in [-0.15, -0.1) is 0 Å². The first kappa shape index (κ1) is 17.9. The number of carbonyl (C=O) groups is 2. The molecule has 1 aromatic rings. The monoisotopic (exact) mass is 314 g/mol. The Bertz CT molecular complexity index is 556. The summed E-state index contributed by atoms with van der Waals surface area (Å²) in [4.78, 5) is 24.7. The Labute approximate surface area is 128 Å². The molecule has 0 aliphatic heterocycles. The second-order valence-corrected chi connectivity index (χ2v) is 5.78. The lowest BCUT2D eigenvalue weighted by Gasteiger charge is -2.24. The van der Waals surface area contributed by atoms with E-state index in [-0.39, 0.29) is 18.7 Å². The van der Waals surface area contributed by atoms with Crippen molar-refractivity contribution >= 4 is 12.0 Å². The number of halogens is 2. The van der Waals surface area contributed by atoms with Gasteiger partial charge >= 0.3 is 6.09 Å². The highest BCUT2D eigenvalue weighted by Crippen LogP contribution is 2.10. The Hall–Kier alpha value is -2.18. The average Bonchev–Trinajstić information content (AvgIpc) is 2.36.